The molecule has 2 N–H and O–H groups in total. The van der Waals surface area contributed by atoms with Gasteiger partial charge in [-0.05, 0) is 89.5 Å². The van der Waals surface area contributed by atoms with E-state index in [2.05, 4.69) is 64.7 Å². The lowest BCUT2D eigenvalue weighted by atomic mass is 9.76. The quantitative estimate of drug-likeness (QED) is 0.307. The van der Waals surface area contributed by atoms with Gasteiger partial charge in [-0.25, -0.2) is 8.42 Å². The van der Waals surface area contributed by atoms with Gasteiger partial charge in [0.15, 0.2) is 0 Å². The van der Waals surface area contributed by atoms with Gasteiger partial charge in [-0.15, -0.1) is 0 Å². The number of benzene rings is 4. The first-order chi connectivity index (χ1) is 16.9. The molecule has 0 radical (unpaired) electrons. The predicted octanol–water partition coefficient (Wildman–Crippen LogP) is 7.08. The van der Waals surface area contributed by atoms with E-state index >= 15 is 0 Å². The van der Waals surface area contributed by atoms with Crippen LogP contribution < -0.4 is 10.0 Å². The molecule has 6 rings (SSSR count). The molecule has 4 aromatic carbocycles. The fraction of sp³-hybridized carbons (Fsp3) is 0.200. The summed E-state index contributed by atoms with van der Waals surface area (Å²) >= 11 is 0. The number of fused-ring (bicyclic) bond motifs is 4. The minimum atomic E-state index is -3.70. The molecule has 0 amide bonds. The molecule has 3 atom stereocenters. The number of sulfonamides is 1. The predicted molar refractivity (Wildman–Crippen MR) is 143 cm³/mol. The molecule has 2 aliphatic rings. The summed E-state index contributed by atoms with van der Waals surface area (Å²) in [4.78, 5) is 0.291. The molecule has 1 aliphatic heterocycles. The van der Waals surface area contributed by atoms with Crippen molar-refractivity contribution in [3.05, 3.63) is 113 Å². The number of hydrogen-bond donors (Lipinski definition) is 2. The average Bonchev–Trinajstić information content (AvgIpc) is 3.35. The van der Waals surface area contributed by atoms with Gasteiger partial charge in [0, 0.05) is 17.3 Å². The standard InChI is InChI=1S/C30H28N2O2S/c1-19-13-14-22(17-20(19)2)32-35(33,34)23-15-16-29-28(18-23)25-10-6-12-27(25)30(31-29)26-11-5-8-21-7-3-4-9-24(21)26/h3-11,13-18,25,27,30-32H,12H2,1-2H3. The highest BCUT2D eigenvalue weighted by atomic mass is 32.2. The molecule has 0 saturated heterocycles. The molecular formula is C30H28N2O2S. The van der Waals surface area contributed by atoms with Crippen LogP contribution in [0.5, 0.6) is 0 Å². The zero-order valence-corrected chi connectivity index (χ0v) is 20.6. The van der Waals surface area contributed by atoms with Crippen LogP contribution in [0.25, 0.3) is 10.8 Å². The molecule has 4 nitrogen and oxygen atoms in total. The first-order valence-electron chi connectivity index (χ1n) is 12.1. The van der Waals surface area contributed by atoms with Crippen LogP contribution in [0.1, 0.15) is 40.6 Å². The molecule has 0 fully saturated rings. The number of aryl methyl sites for hydroxylation is 2. The minimum Gasteiger partial charge on any atom is -0.378 e. The third kappa shape index (κ3) is 3.80. The van der Waals surface area contributed by atoms with Gasteiger partial charge in [0.1, 0.15) is 0 Å². The lowest BCUT2D eigenvalue weighted by molar-refractivity contribution is 0.427. The van der Waals surface area contributed by atoms with Crippen molar-refractivity contribution in [3.8, 4) is 0 Å². The van der Waals surface area contributed by atoms with Crippen LogP contribution in [0.3, 0.4) is 0 Å². The Morgan fingerprint density at radius 1 is 0.857 bits per heavy atom. The van der Waals surface area contributed by atoms with Crippen LogP contribution in [-0.2, 0) is 10.0 Å². The normalized spacial score (nSPS) is 20.8. The highest BCUT2D eigenvalue weighted by Gasteiger charge is 2.39. The summed E-state index contributed by atoms with van der Waals surface area (Å²) in [5.41, 5.74) is 6.11. The Hall–Kier alpha value is -3.57. The number of rotatable bonds is 4. The lowest BCUT2D eigenvalue weighted by Gasteiger charge is -2.38. The molecule has 3 unspecified atom stereocenters. The zero-order valence-electron chi connectivity index (χ0n) is 19.8. The van der Waals surface area contributed by atoms with E-state index in [0.717, 1.165) is 28.8 Å². The van der Waals surface area contributed by atoms with Gasteiger partial charge in [-0.1, -0.05) is 60.7 Å². The van der Waals surface area contributed by atoms with Gasteiger partial charge in [0.25, 0.3) is 10.0 Å². The molecule has 4 aromatic rings. The summed E-state index contributed by atoms with van der Waals surface area (Å²) in [6, 6.07) is 26.2. The Morgan fingerprint density at radius 2 is 1.69 bits per heavy atom. The molecule has 1 aliphatic carbocycles. The van der Waals surface area contributed by atoms with E-state index in [9.17, 15) is 8.42 Å². The summed E-state index contributed by atoms with van der Waals surface area (Å²) in [5, 5.41) is 6.26. The van der Waals surface area contributed by atoms with Gasteiger partial charge in [-0.2, -0.15) is 0 Å². The van der Waals surface area contributed by atoms with E-state index in [0.29, 0.717) is 16.5 Å². The summed E-state index contributed by atoms with van der Waals surface area (Å²) in [7, 11) is -3.70. The van der Waals surface area contributed by atoms with Gasteiger partial charge < -0.3 is 5.32 Å². The van der Waals surface area contributed by atoms with Crippen molar-refractivity contribution >= 4 is 32.2 Å². The molecule has 0 bridgehead atoms. The molecule has 5 heteroatoms. The van der Waals surface area contributed by atoms with E-state index in [4.69, 9.17) is 0 Å². The van der Waals surface area contributed by atoms with Crippen molar-refractivity contribution in [3.63, 3.8) is 0 Å². The number of hydrogen-bond acceptors (Lipinski definition) is 3. The highest BCUT2D eigenvalue weighted by molar-refractivity contribution is 7.92. The zero-order chi connectivity index (χ0) is 24.2. The van der Waals surface area contributed by atoms with E-state index in [1.165, 1.54) is 16.3 Å². The van der Waals surface area contributed by atoms with Crippen molar-refractivity contribution < 1.29 is 8.42 Å². The molecule has 0 spiro atoms. The Kier molecular flexibility index (Phi) is 5.19. The van der Waals surface area contributed by atoms with E-state index in [1.54, 1.807) is 6.07 Å². The van der Waals surface area contributed by atoms with Crippen LogP contribution in [0, 0.1) is 19.8 Å². The third-order valence-corrected chi connectivity index (χ3v) is 8.94. The highest BCUT2D eigenvalue weighted by Crippen LogP contribution is 2.51. The topological polar surface area (TPSA) is 58.2 Å². The van der Waals surface area contributed by atoms with Crippen molar-refractivity contribution in [2.75, 3.05) is 10.0 Å². The first-order valence-corrected chi connectivity index (χ1v) is 13.5. The first kappa shape index (κ1) is 21.9. The molecule has 35 heavy (non-hydrogen) atoms. The van der Waals surface area contributed by atoms with Crippen LogP contribution in [0.15, 0.2) is 95.9 Å². The monoisotopic (exact) mass is 480 g/mol. The Morgan fingerprint density at radius 3 is 2.54 bits per heavy atom. The van der Waals surface area contributed by atoms with Crippen LogP contribution in [0.2, 0.25) is 0 Å². The smallest absolute Gasteiger partial charge is 0.261 e. The molecule has 176 valence electrons. The molecule has 0 saturated carbocycles. The van der Waals surface area contributed by atoms with Crippen LogP contribution in [-0.4, -0.2) is 8.42 Å². The Balaban J connectivity index is 1.37. The van der Waals surface area contributed by atoms with E-state index in [1.807, 2.05) is 44.2 Å². The fourth-order valence-electron chi connectivity index (χ4n) is 5.59. The number of allylic oxidation sites excluding steroid dienone is 2. The van der Waals surface area contributed by atoms with Crippen molar-refractivity contribution in [2.45, 2.75) is 37.1 Å². The Bertz CT molecular complexity index is 1580. The molecule has 0 aromatic heterocycles. The lowest BCUT2D eigenvalue weighted by Crippen LogP contribution is -2.29. The average molecular weight is 481 g/mol. The van der Waals surface area contributed by atoms with Gasteiger partial charge >= 0.3 is 0 Å². The summed E-state index contributed by atoms with van der Waals surface area (Å²) < 4.78 is 29.3. The van der Waals surface area contributed by atoms with Crippen molar-refractivity contribution in [2.24, 2.45) is 5.92 Å². The van der Waals surface area contributed by atoms with Gasteiger partial charge in [0.2, 0.25) is 0 Å². The second-order valence-corrected chi connectivity index (χ2v) is 11.4. The molecule has 1 heterocycles. The number of nitrogens with one attached hydrogen (secondary N) is 2. The van der Waals surface area contributed by atoms with Crippen LogP contribution >= 0.6 is 0 Å². The molecular weight excluding hydrogens is 452 g/mol. The third-order valence-electron chi connectivity index (χ3n) is 7.56. The second kappa shape index (κ2) is 8.28. The van der Waals surface area contributed by atoms with Gasteiger partial charge in [-0.3, -0.25) is 4.72 Å². The SMILES string of the molecule is Cc1ccc(NS(=O)(=O)c2ccc3c(c2)C2C=CCC2C(c2cccc4ccccc24)N3)cc1C. The fourth-order valence-corrected chi connectivity index (χ4v) is 6.67. The maximum absolute atomic E-state index is 13.3. The second-order valence-electron chi connectivity index (χ2n) is 9.70. The maximum atomic E-state index is 13.3. The summed E-state index contributed by atoms with van der Waals surface area (Å²) in [6.45, 7) is 4.00. The van der Waals surface area contributed by atoms with Crippen molar-refractivity contribution in [1.82, 2.24) is 0 Å². The van der Waals surface area contributed by atoms with E-state index in [-0.39, 0.29) is 12.0 Å². The van der Waals surface area contributed by atoms with Crippen LogP contribution in [0.4, 0.5) is 11.4 Å². The Labute approximate surface area is 206 Å². The van der Waals surface area contributed by atoms with Gasteiger partial charge in [0.05, 0.1) is 10.9 Å². The maximum Gasteiger partial charge on any atom is 0.261 e. The number of anilines is 2. The minimum absolute atomic E-state index is 0.157. The summed E-state index contributed by atoms with van der Waals surface area (Å²) in [6.07, 6.45) is 5.44. The summed E-state index contributed by atoms with van der Waals surface area (Å²) in [5.74, 6) is 0.506. The largest absolute Gasteiger partial charge is 0.378 e. The van der Waals surface area contributed by atoms with E-state index < -0.39 is 10.0 Å². The van der Waals surface area contributed by atoms with Crippen molar-refractivity contribution in [1.29, 1.82) is 0 Å².